The molecule has 7 heteroatoms. The van der Waals surface area contributed by atoms with E-state index in [1.165, 1.54) is 6.21 Å². The number of aromatic nitrogens is 1. The van der Waals surface area contributed by atoms with E-state index >= 15 is 0 Å². The van der Waals surface area contributed by atoms with Crippen LogP contribution in [0, 0.1) is 13.8 Å². The predicted octanol–water partition coefficient (Wildman–Crippen LogP) is 4.58. The third-order valence-electron chi connectivity index (χ3n) is 4.38. The van der Waals surface area contributed by atoms with Crippen molar-refractivity contribution in [3.63, 3.8) is 0 Å². The molecule has 28 heavy (non-hydrogen) atoms. The Morgan fingerprint density at radius 2 is 1.86 bits per heavy atom. The fourth-order valence-corrected chi connectivity index (χ4v) is 3.35. The standard InChI is InChI=1S/C21H19Cl2N3O2/c1-13-11-16(14(2)26(13)18-10-6-9-17(22)19(18)23)12-24-25-21(28)20(27)15-7-4-3-5-8-15/h3-12,20,27H,1-2H3,(H,25,28)/b24-12-/t20-/m0/s1. The molecule has 3 rings (SSSR count). The third kappa shape index (κ3) is 4.12. The van der Waals surface area contributed by atoms with Gasteiger partial charge in [0, 0.05) is 17.0 Å². The molecular formula is C21H19Cl2N3O2. The van der Waals surface area contributed by atoms with E-state index in [2.05, 4.69) is 10.5 Å². The number of hydrogen-bond donors (Lipinski definition) is 2. The number of nitrogens with zero attached hydrogens (tertiary/aromatic N) is 2. The summed E-state index contributed by atoms with van der Waals surface area (Å²) in [5.41, 5.74) is 6.29. The number of aliphatic hydroxyl groups excluding tert-OH is 1. The normalized spacial score (nSPS) is 12.3. The minimum atomic E-state index is -1.28. The molecular weight excluding hydrogens is 397 g/mol. The van der Waals surface area contributed by atoms with Gasteiger partial charge in [0.05, 0.1) is 21.9 Å². The molecule has 1 aromatic heterocycles. The fraction of sp³-hybridized carbons (Fsp3) is 0.143. The highest BCUT2D eigenvalue weighted by molar-refractivity contribution is 6.43. The van der Waals surface area contributed by atoms with E-state index in [1.807, 2.05) is 42.7 Å². The van der Waals surface area contributed by atoms with Gasteiger partial charge in [-0.05, 0) is 37.6 Å². The Balaban J connectivity index is 1.78. The van der Waals surface area contributed by atoms with Crippen LogP contribution < -0.4 is 5.43 Å². The number of carbonyl (C=O) groups excluding carboxylic acids is 1. The van der Waals surface area contributed by atoms with Crippen LogP contribution in [-0.4, -0.2) is 21.8 Å². The van der Waals surface area contributed by atoms with Crippen molar-refractivity contribution in [1.29, 1.82) is 0 Å². The van der Waals surface area contributed by atoms with Gasteiger partial charge in [-0.3, -0.25) is 4.79 Å². The lowest BCUT2D eigenvalue weighted by Gasteiger charge is -2.12. The summed E-state index contributed by atoms with van der Waals surface area (Å²) in [7, 11) is 0. The Morgan fingerprint density at radius 1 is 1.14 bits per heavy atom. The average molecular weight is 416 g/mol. The first kappa shape index (κ1) is 20.1. The summed E-state index contributed by atoms with van der Waals surface area (Å²) in [6.45, 7) is 3.87. The molecule has 2 N–H and O–H groups in total. The van der Waals surface area contributed by atoms with Crippen LogP contribution in [-0.2, 0) is 4.79 Å². The topological polar surface area (TPSA) is 66.6 Å². The van der Waals surface area contributed by atoms with Crippen LogP contribution in [0.5, 0.6) is 0 Å². The van der Waals surface area contributed by atoms with E-state index in [0.717, 1.165) is 22.6 Å². The summed E-state index contributed by atoms with van der Waals surface area (Å²) in [4.78, 5) is 12.1. The van der Waals surface area contributed by atoms with Gasteiger partial charge in [0.15, 0.2) is 6.10 Å². The summed E-state index contributed by atoms with van der Waals surface area (Å²) in [5.74, 6) is -0.603. The molecule has 1 atom stereocenters. The Hall–Kier alpha value is -2.60. The van der Waals surface area contributed by atoms with E-state index in [9.17, 15) is 9.90 Å². The van der Waals surface area contributed by atoms with Crippen molar-refractivity contribution in [2.24, 2.45) is 5.10 Å². The van der Waals surface area contributed by atoms with Gasteiger partial charge in [0.1, 0.15) is 0 Å². The molecule has 1 amide bonds. The van der Waals surface area contributed by atoms with Crippen molar-refractivity contribution in [3.8, 4) is 5.69 Å². The van der Waals surface area contributed by atoms with Gasteiger partial charge >= 0.3 is 0 Å². The van der Waals surface area contributed by atoms with Gasteiger partial charge < -0.3 is 9.67 Å². The molecule has 0 aliphatic heterocycles. The number of rotatable bonds is 5. The van der Waals surface area contributed by atoms with Gasteiger partial charge in [-0.2, -0.15) is 5.10 Å². The van der Waals surface area contributed by atoms with Gasteiger partial charge in [-0.25, -0.2) is 5.43 Å². The summed E-state index contributed by atoms with van der Waals surface area (Å²) in [6, 6.07) is 16.1. The largest absolute Gasteiger partial charge is 0.378 e. The van der Waals surface area contributed by atoms with Crippen molar-refractivity contribution in [1.82, 2.24) is 9.99 Å². The summed E-state index contributed by atoms with van der Waals surface area (Å²) < 4.78 is 1.97. The second-order valence-corrected chi connectivity index (χ2v) is 7.07. The van der Waals surface area contributed by atoms with Crippen LogP contribution in [0.25, 0.3) is 5.69 Å². The highest BCUT2D eigenvalue weighted by Crippen LogP contribution is 2.31. The molecule has 0 fully saturated rings. The summed E-state index contributed by atoms with van der Waals surface area (Å²) in [6.07, 6.45) is 0.253. The zero-order valence-electron chi connectivity index (χ0n) is 15.4. The van der Waals surface area contributed by atoms with Crippen molar-refractivity contribution in [2.45, 2.75) is 20.0 Å². The van der Waals surface area contributed by atoms with Crippen LogP contribution in [0.1, 0.15) is 28.6 Å². The number of nitrogens with one attached hydrogen (secondary N) is 1. The number of hydrazone groups is 1. The number of hydrogen-bond acceptors (Lipinski definition) is 3. The molecule has 0 aliphatic rings. The number of halogens is 2. The second kappa shape index (κ2) is 8.61. The number of aryl methyl sites for hydroxylation is 1. The van der Waals surface area contributed by atoms with Crippen molar-refractivity contribution in [2.75, 3.05) is 0 Å². The van der Waals surface area contributed by atoms with Gasteiger partial charge in [0.25, 0.3) is 5.91 Å². The number of carbonyl (C=O) groups is 1. The first-order chi connectivity index (χ1) is 13.4. The Labute approximate surface area is 173 Å². The van der Waals surface area contributed by atoms with Crippen molar-refractivity contribution < 1.29 is 9.90 Å². The minimum absolute atomic E-state index is 0.466. The molecule has 0 spiro atoms. The van der Waals surface area contributed by atoms with E-state index in [4.69, 9.17) is 23.2 Å². The number of benzene rings is 2. The molecule has 0 aliphatic carbocycles. The van der Waals surface area contributed by atoms with Crippen LogP contribution >= 0.6 is 23.2 Å². The summed E-state index contributed by atoms with van der Waals surface area (Å²) in [5, 5.41) is 15.0. The van der Waals surface area contributed by atoms with Crippen molar-refractivity contribution in [3.05, 3.63) is 87.2 Å². The molecule has 2 aromatic carbocycles. The SMILES string of the molecule is Cc1cc(/C=N\NC(=O)[C@@H](O)c2ccccc2)c(C)n1-c1cccc(Cl)c1Cl. The molecule has 3 aromatic rings. The molecule has 0 bridgehead atoms. The highest BCUT2D eigenvalue weighted by atomic mass is 35.5. The van der Waals surface area contributed by atoms with Crippen molar-refractivity contribution >= 4 is 35.3 Å². The molecule has 0 saturated heterocycles. The number of amides is 1. The van der Waals surface area contributed by atoms with E-state index < -0.39 is 12.0 Å². The second-order valence-electron chi connectivity index (χ2n) is 6.28. The van der Waals surface area contributed by atoms with E-state index in [0.29, 0.717) is 15.6 Å². The summed E-state index contributed by atoms with van der Waals surface area (Å²) >= 11 is 12.5. The first-order valence-electron chi connectivity index (χ1n) is 8.59. The zero-order chi connectivity index (χ0) is 20.3. The monoisotopic (exact) mass is 415 g/mol. The molecule has 1 heterocycles. The molecule has 0 saturated carbocycles. The Morgan fingerprint density at radius 3 is 2.57 bits per heavy atom. The third-order valence-corrected chi connectivity index (χ3v) is 5.19. The van der Waals surface area contributed by atoms with E-state index in [-0.39, 0.29) is 0 Å². The minimum Gasteiger partial charge on any atom is -0.378 e. The lowest BCUT2D eigenvalue weighted by atomic mass is 10.1. The maximum atomic E-state index is 12.1. The van der Waals surface area contributed by atoms with Gasteiger partial charge in [0.2, 0.25) is 0 Å². The van der Waals surface area contributed by atoms with E-state index in [1.54, 1.807) is 30.3 Å². The van der Waals surface area contributed by atoms with Crippen LogP contribution in [0.3, 0.4) is 0 Å². The zero-order valence-corrected chi connectivity index (χ0v) is 16.9. The average Bonchev–Trinajstić information content (AvgIpc) is 2.97. The molecule has 5 nitrogen and oxygen atoms in total. The molecule has 0 radical (unpaired) electrons. The fourth-order valence-electron chi connectivity index (χ4n) is 2.97. The Kier molecular flexibility index (Phi) is 6.19. The molecule has 144 valence electrons. The van der Waals surface area contributed by atoms with Crippen LogP contribution in [0.15, 0.2) is 59.7 Å². The smallest absolute Gasteiger partial charge is 0.273 e. The van der Waals surface area contributed by atoms with Crippen LogP contribution in [0.4, 0.5) is 0 Å². The highest BCUT2D eigenvalue weighted by Gasteiger charge is 2.17. The quantitative estimate of drug-likeness (QED) is 0.472. The molecule has 0 unspecified atom stereocenters. The first-order valence-corrected chi connectivity index (χ1v) is 9.35. The van der Waals surface area contributed by atoms with Crippen LogP contribution in [0.2, 0.25) is 10.0 Å². The lowest BCUT2D eigenvalue weighted by Crippen LogP contribution is -2.25. The van der Waals surface area contributed by atoms with Gasteiger partial charge in [-0.1, -0.05) is 59.6 Å². The van der Waals surface area contributed by atoms with Gasteiger partial charge in [-0.15, -0.1) is 0 Å². The number of aliphatic hydroxyl groups is 1. The maximum absolute atomic E-state index is 12.1. The Bertz CT molecular complexity index is 1030. The predicted molar refractivity (Wildman–Crippen MR) is 112 cm³/mol. The lowest BCUT2D eigenvalue weighted by molar-refractivity contribution is -0.129. The maximum Gasteiger partial charge on any atom is 0.273 e.